The van der Waals surface area contributed by atoms with E-state index in [1.165, 1.54) is 6.08 Å². The third-order valence-corrected chi connectivity index (χ3v) is 6.49. The number of hydrogen-bond acceptors (Lipinski definition) is 7. The smallest absolute Gasteiger partial charge is 0.271 e. The summed E-state index contributed by atoms with van der Waals surface area (Å²) in [6.07, 6.45) is 2.36. The van der Waals surface area contributed by atoms with E-state index in [1.807, 2.05) is 12.1 Å². The molecule has 2 saturated heterocycles. The van der Waals surface area contributed by atoms with Gasteiger partial charge in [0.15, 0.2) is 5.78 Å². The quantitative estimate of drug-likeness (QED) is 0.523. The Kier molecular flexibility index (Phi) is 5.88. The average Bonchev–Trinajstić information content (AvgIpc) is 2.77. The number of amides is 1. The van der Waals surface area contributed by atoms with E-state index in [4.69, 9.17) is 4.74 Å². The van der Waals surface area contributed by atoms with Crippen molar-refractivity contribution in [1.29, 1.82) is 0 Å². The molecule has 2 aliphatic heterocycles. The van der Waals surface area contributed by atoms with Crippen LogP contribution in [0.25, 0.3) is 6.08 Å². The number of piperidine rings is 1. The minimum Gasteiger partial charge on any atom is -0.378 e. The number of anilines is 1. The molecule has 3 heterocycles. The molecular weight excluding hydrogens is 418 g/mol. The molecule has 2 aliphatic rings. The first kappa shape index (κ1) is 21.2. The molecule has 4 rings (SSSR count). The second-order valence-electron chi connectivity index (χ2n) is 7.50. The summed E-state index contributed by atoms with van der Waals surface area (Å²) in [4.78, 5) is 32.8. The molecule has 162 valence electrons. The Morgan fingerprint density at radius 1 is 1.03 bits per heavy atom. The molecule has 1 aromatic carbocycles. The largest absolute Gasteiger partial charge is 0.378 e. The molecule has 9 heteroatoms. The molecule has 0 saturated carbocycles. The van der Waals surface area contributed by atoms with Gasteiger partial charge in [-0.05, 0) is 23.8 Å². The third-order valence-electron chi connectivity index (χ3n) is 5.37. The molecule has 0 N–H and O–H groups in total. The van der Waals surface area contributed by atoms with Crippen LogP contribution in [0.5, 0.6) is 0 Å². The Balaban J connectivity index is 1.73. The lowest BCUT2D eigenvalue weighted by Crippen LogP contribution is -2.48. The first-order valence-corrected chi connectivity index (χ1v) is 11.8. The Morgan fingerprint density at radius 2 is 1.74 bits per heavy atom. The van der Waals surface area contributed by atoms with E-state index in [0.717, 1.165) is 10.6 Å². The number of rotatable bonds is 4. The van der Waals surface area contributed by atoms with E-state index in [-0.39, 0.29) is 12.1 Å². The standard InChI is InChI=1S/C22H23N3O5S/c1-31(28,29)25-15-19(16-6-3-2-4-7-16)21(26)18(22(25)27)14-17-8-5-9-20(23-17)24-10-12-30-13-11-24/h2-9,14,19H,10-13,15H2,1H3/b18-14+. The molecule has 2 aromatic rings. The normalized spacial score (nSPS) is 21.6. The number of ketones is 1. The fourth-order valence-electron chi connectivity index (χ4n) is 3.76. The molecule has 2 fully saturated rings. The van der Waals surface area contributed by atoms with E-state index >= 15 is 0 Å². The van der Waals surface area contributed by atoms with Gasteiger partial charge in [0.05, 0.1) is 43.2 Å². The minimum absolute atomic E-state index is 0.183. The van der Waals surface area contributed by atoms with Crippen LogP contribution in [-0.2, 0) is 24.3 Å². The van der Waals surface area contributed by atoms with Crippen molar-refractivity contribution < 1.29 is 22.7 Å². The molecule has 0 spiro atoms. The molecule has 31 heavy (non-hydrogen) atoms. The van der Waals surface area contributed by atoms with Gasteiger partial charge in [-0.3, -0.25) is 9.59 Å². The van der Waals surface area contributed by atoms with Crippen LogP contribution in [0.3, 0.4) is 0 Å². The zero-order valence-electron chi connectivity index (χ0n) is 17.1. The van der Waals surface area contributed by atoms with Crippen molar-refractivity contribution in [3.05, 3.63) is 65.4 Å². The highest BCUT2D eigenvalue weighted by molar-refractivity contribution is 7.88. The summed E-state index contributed by atoms with van der Waals surface area (Å²) in [5.41, 5.74) is 0.898. The summed E-state index contributed by atoms with van der Waals surface area (Å²) < 4.78 is 30.7. The Hall–Kier alpha value is -3.04. The van der Waals surface area contributed by atoms with Gasteiger partial charge in [0, 0.05) is 13.1 Å². The van der Waals surface area contributed by atoms with Crippen molar-refractivity contribution >= 4 is 33.6 Å². The SMILES string of the molecule is CS(=O)(=O)N1CC(c2ccccc2)C(=O)/C(=C\c2cccc(N3CCOCC3)n2)C1=O. The fourth-order valence-corrected chi connectivity index (χ4v) is 4.58. The zero-order valence-corrected chi connectivity index (χ0v) is 17.9. The highest BCUT2D eigenvalue weighted by Gasteiger charge is 2.41. The Bertz CT molecular complexity index is 1120. The van der Waals surface area contributed by atoms with Gasteiger partial charge in [0.2, 0.25) is 10.0 Å². The number of hydrogen-bond donors (Lipinski definition) is 0. The van der Waals surface area contributed by atoms with Crippen molar-refractivity contribution in [2.75, 3.05) is 44.0 Å². The summed E-state index contributed by atoms with van der Waals surface area (Å²) in [5.74, 6) is -1.27. The summed E-state index contributed by atoms with van der Waals surface area (Å²) in [6.45, 7) is 2.39. The lowest BCUT2D eigenvalue weighted by molar-refractivity contribution is -0.130. The summed E-state index contributed by atoms with van der Waals surface area (Å²) in [7, 11) is -3.84. The van der Waals surface area contributed by atoms with Crippen LogP contribution in [0.15, 0.2) is 54.1 Å². The van der Waals surface area contributed by atoms with Crippen LogP contribution < -0.4 is 4.90 Å². The molecule has 1 aromatic heterocycles. The second kappa shape index (κ2) is 8.60. The highest BCUT2D eigenvalue weighted by atomic mass is 32.2. The van der Waals surface area contributed by atoms with Gasteiger partial charge in [-0.1, -0.05) is 36.4 Å². The zero-order chi connectivity index (χ0) is 22.0. The van der Waals surface area contributed by atoms with Crippen LogP contribution in [0.2, 0.25) is 0 Å². The number of aromatic nitrogens is 1. The van der Waals surface area contributed by atoms with Crippen LogP contribution in [0, 0.1) is 0 Å². The molecule has 0 aliphatic carbocycles. The fraction of sp³-hybridized carbons (Fsp3) is 0.318. The maximum atomic E-state index is 13.2. The number of Topliss-reactive ketones (excluding diaryl/α,β-unsaturated/α-hetero) is 1. The first-order valence-electron chi connectivity index (χ1n) is 9.97. The van der Waals surface area contributed by atoms with E-state index in [9.17, 15) is 18.0 Å². The van der Waals surface area contributed by atoms with Gasteiger partial charge >= 0.3 is 0 Å². The van der Waals surface area contributed by atoms with Crippen molar-refractivity contribution in [3.63, 3.8) is 0 Å². The number of morpholine rings is 1. The Morgan fingerprint density at radius 3 is 2.42 bits per heavy atom. The maximum absolute atomic E-state index is 13.2. The number of pyridine rings is 1. The molecular formula is C22H23N3O5S. The predicted octanol–water partition coefficient (Wildman–Crippen LogP) is 1.46. The third kappa shape index (κ3) is 4.52. The lowest BCUT2D eigenvalue weighted by Gasteiger charge is -2.31. The number of carbonyl (C=O) groups excluding carboxylic acids is 2. The van der Waals surface area contributed by atoms with Crippen molar-refractivity contribution in [1.82, 2.24) is 9.29 Å². The van der Waals surface area contributed by atoms with Gasteiger partial charge in [0.1, 0.15) is 5.82 Å². The number of nitrogens with zero attached hydrogens (tertiary/aromatic N) is 3. The highest BCUT2D eigenvalue weighted by Crippen LogP contribution is 2.30. The summed E-state index contributed by atoms with van der Waals surface area (Å²) in [6, 6.07) is 14.2. The predicted molar refractivity (Wildman–Crippen MR) is 116 cm³/mol. The molecule has 0 bridgehead atoms. The Labute approximate surface area is 181 Å². The summed E-state index contributed by atoms with van der Waals surface area (Å²) in [5, 5.41) is 0. The van der Waals surface area contributed by atoms with E-state index < -0.39 is 27.6 Å². The lowest BCUT2D eigenvalue weighted by atomic mass is 9.86. The van der Waals surface area contributed by atoms with Crippen LogP contribution >= 0.6 is 0 Å². The average molecular weight is 442 g/mol. The van der Waals surface area contributed by atoms with Gasteiger partial charge in [0.25, 0.3) is 5.91 Å². The summed E-state index contributed by atoms with van der Waals surface area (Å²) >= 11 is 0. The van der Waals surface area contributed by atoms with Gasteiger partial charge < -0.3 is 9.64 Å². The molecule has 0 radical (unpaired) electrons. The topological polar surface area (TPSA) is 96.9 Å². The van der Waals surface area contributed by atoms with Crippen molar-refractivity contribution in [3.8, 4) is 0 Å². The minimum atomic E-state index is -3.84. The number of sulfonamides is 1. The van der Waals surface area contributed by atoms with E-state index in [1.54, 1.807) is 36.4 Å². The molecule has 1 atom stereocenters. The number of benzene rings is 1. The van der Waals surface area contributed by atoms with Crippen molar-refractivity contribution in [2.45, 2.75) is 5.92 Å². The van der Waals surface area contributed by atoms with Gasteiger partial charge in [-0.15, -0.1) is 0 Å². The molecule has 1 amide bonds. The van der Waals surface area contributed by atoms with Crippen LogP contribution in [0.1, 0.15) is 17.2 Å². The maximum Gasteiger partial charge on any atom is 0.271 e. The van der Waals surface area contributed by atoms with Gasteiger partial charge in [-0.2, -0.15) is 0 Å². The molecule has 8 nitrogen and oxygen atoms in total. The van der Waals surface area contributed by atoms with Crippen molar-refractivity contribution in [2.24, 2.45) is 0 Å². The number of carbonyl (C=O) groups is 2. The number of ether oxygens (including phenoxy) is 1. The van der Waals surface area contributed by atoms with Crippen LogP contribution in [0.4, 0.5) is 5.82 Å². The first-order chi connectivity index (χ1) is 14.8. The van der Waals surface area contributed by atoms with E-state index in [0.29, 0.717) is 43.4 Å². The van der Waals surface area contributed by atoms with Gasteiger partial charge in [-0.25, -0.2) is 17.7 Å². The monoisotopic (exact) mass is 441 g/mol. The van der Waals surface area contributed by atoms with Crippen LogP contribution in [-0.4, -0.2) is 68.5 Å². The molecule has 1 unspecified atom stereocenters. The second-order valence-corrected chi connectivity index (χ2v) is 9.41. The van der Waals surface area contributed by atoms with E-state index in [2.05, 4.69) is 9.88 Å².